The number of halogens is 2. The second-order valence-electron chi connectivity index (χ2n) is 8.11. The van der Waals surface area contributed by atoms with Gasteiger partial charge in [0, 0.05) is 22.6 Å². The lowest BCUT2D eigenvalue weighted by Gasteiger charge is -2.31. The predicted molar refractivity (Wildman–Crippen MR) is 107 cm³/mol. The Morgan fingerprint density at radius 2 is 1.72 bits per heavy atom. The average Bonchev–Trinajstić information content (AvgIpc) is 3.36. The van der Waals surface area contributed by atoms with E-state index in [9.17, 15) is 23.1 Å². The summed E-state index contributed by atoms with van der Waals surface area (Å²) in [5, 5.41) is 12.9. The summed E-state index contributed by atoms with van der Waals surface area (Å²) in [6, 6.07) is 2.76. The van der Waals surface area contributed by atoms with Crippen LogP contribution >= 0.6 is 23.2 Å². The molecule has 4 rings (SSSR count). The molecule has 7 nitrogen and oxygen atoms in total. The number of hydrogen-bond acceptors (Lipinski definition) is 4. The molecular formula is C19H22Cl2N2O5S. The molecular weight excluding hydrogens is 439 g/mol. The van der Waals surface area contributed by atoms with Gasteiger partial charge in [-0.05, 0) is 62.1 Å². The number of amides is 1. The van der Waals surface area contributed by atoms with Gasteiger partial charge in [0.25, 0.3) is 0 Å². The first-order valence-corrected chi connectivity index (χ1v) is 11.9. The quantitative estimate of drug-likeness (QED) is 0.702. The fourth-order valence-electron chi connectivity index (χ4n) is 5.22. The minimum Gasteiger partial charge on any atom is -0.481 e. The van der Waals surface area contributed by atoms with Crippen LogP contribution in [-0.4, -0.2) is 48.3 Å². The number of nitrogens with one attached hydrogen (secondary N) is 1. The normalized spacial score (nSPS) is 31.9. The highest BCUT2D eigenvalue weighted by Gasteiger charge is 2.52. The van der Waals surface area contributed by atoms with Gasteiger partial charge < -0.3 is 10.4 Å². The Morgan fingerprint density at radius 1 is 1.07 bits per heavy atom. The van der Waals surface area contributed by atoms with E-state index in [1.807, 2.05) is 0 Å². The Balaban J connectivity index is 1.55. The number of carbonyl (C=O) groups is 2. The van der Waals surface area contributed by atoms with Crippen molar-refractivity contribution >= 4 is 45.1 Å². The number of aliphatic carboxylic acids is 1. The van der Waals surface area contributed by atoms with Crippen molar-refractivity contribution in [3.63, 3.8) is 0 Å². The van der Waals surface area contributed by atoms with Gasteiger partial charge in [0.2, 0.25) is 15.9 Å². The van der Waals surface area contributed by atoms with Crippen LogP contribution in [0.4, 0.5) is 0 Å². The summed E-state index contributed by atoms with van der Waals surface area (Å²) in [5.41, 5.74) is 0. The number of nitrogens with zero attached hydrogens (tertiary/aromatic N) is 1. The Kier molecular flexibility index (Phi) is 5.57. The van der Waals surface area contributed by atoms with Gasteiger partial charge in [-0.2, -0.15) is 4.31 Å². The standard InChI is InChI=1S/C19H22Cl2N2O5S/c20-12-7-13(21)9-14(8-12)29(27,28)23-5-1-2-15(23)18(24)22-17-11-4-3-10(6-11)16(17)19(25)26/h7-11,15-17H,1-6H2,(H,22,24)(H,25,26)/t10?,11?,15-,16-,17-/m0/s1. The van der Waals surface area contributed by atoms with E-state index in [-0.39, 0.29) is 33.3 Å². The maximum atomic E-state index is 13.1. The summed E-state index contributed by atoms with van der Waals surface area (Å²) in [7, 11) is -3.96. The lowest BCUT2D eigenvalue weighted by Crippen LogP contribution is -2.53. The monoisotopic (exact) mass is 460 g/mol. The van der Waals surface area contributed by atoms with E-state index in [2.05, 4.69) is 5.32 Å². The van der Waals surface area contributed by atoms with E-state index >= 15 is 0 Å². The Hall–Kier alpha value is -1.35. The average molecular weight is 461 g/mol. The van der Waals surface area contributed by atoms with Crippen LogP contribution in [0.25, 0.3) is 0 Å². The van der Waals surface area contributed by atoms with Crippen LogP contribution in [0, 0.1) is 17.8 Å². The third-order valence-electron chi connectivity index (χ3n) is 6.46. The highest BCUT2D eigenvalue weighted by atomic mass is 35.5. The van der Waals surface area contributed by atoms with Gasteiger partial charge in [-0.1, -0.05) is 23.2 Å². The molecule has 10 heteroatoms. The van der Waals surface area contributed by atoms with Crippen molar-refractivity contribution in [3.05, 3.63) is 28.2 Å². The summed E-state index contributed by atoms with van der Waals surface area (Å²) in [4.78, 5) is 24.6. The molecule has 5 atom stereocenters. The number of fused-ring (bicyclic) bond motifs is 2. The van der Waals surface area contributed by atoms with Gasteiger partial charge in [0.15, 0.2) is 0 Å². The third kappa shape index (κ3) is 3.76. The van der Waals surface area contributed by atoms with Crippen molar-refractivity contribution in [2.24, 2.45) is 17.8 Å². The van der Waals surface area contributed by atoms with Gasteiger partial charge >= 0.3 is 5.97 Å². The van der Waals surface area contributed by atoms with Crippen molar-refractivity contribution in [1.82, 2.24) is 9.62 Å². The van der Waals surface area contributed by atoms with E-state index in [1.54, 1.807) is 0 Å². The van der Waals surface area contributed by atoms with Crippen LogP contribution in [0.3, 0.4) is 0 Å². The molecule has 0 radical (unpaired) electrons. The number of benzene rings is 1. The molecule has 1 saturated heterocycles. The van der Waals surface area contributed by atoms with E-state index < -0.39 is 39.9 Å². The molecule has 1 aromatic rings. The first-order valence-electron chi connectivity index (χ1n) is 9.69. The maximum absolute atomic E-state index is 13.1. The molecule has 1 aromatic carbocycles. The molecule has 2 N–H and O–H groups in total. The van der Waals surface area contributed by atoms with Gasteiger partial charge in [-0.3, -0.25) is 9.59 Å². The van der Waals surface area contributed by atoms with Crippen molar-refractivity contribution in [3.8, 4) is 0 Å². The van der Waals surface area contributed by atoms with Gasteiger partial charge in [-0.15, -0.1) is 0 Å². The van der Waals surface area contributed by atoms with Gasteiger partial charge in [-0.25, -0.2) is 8.42 Å². The Labute approximate surface area is 179 Å². The molecule has 3 aliphatic rings. The van der Waals surface area contributed by atoms with Crippen molar-refractivity contribution in [2.75, 3.05) is 6.54 Å². The number of sulfonamides is 1. The topological polar surface area (TPSA) is 104 Å². The third-order valence-corrected chi connectivity index (χ3v) is 8.78. The minimum absolute atomic E-state index is 0.0574. The Bertz CT molecular complexity index is 934. The Morgan fingerprint density at radius 3 is 2.38 bits per heavy atom. The van der Waals surface area contributed by atoms with Gasteiger partial charge in [0.1, 0.15) is 6.04 Å². The number of carboxylic acid groups (broad SMARTS) is 1. The molecule has 0 spiro atoms. The zero-order chi connectivity index (χ0) is 20.9. The second-order valence-corrected chi connectivity index (χ2v) is 10.9. The van der Waals surface area contributed by atoms with Crippen LogP contribution in [0.15, 0.2) is 23.1 Å². The van der Waals surface area contributed by atoms with E-state index in [0.717, 1.165) is 19.3 Å². The number of carbonyl (C=O) groups excluding carboxylic acids is 1. The van der Waals surface area contributed by atoms with Crippen LogP contribution in [0.1, 0.15) is 32.1 Å². The lowest BCUT2D eigenvalue weighted by molar-refractivity contribution is -0.144. The van der Waals surface area contributed by atoms with Crippen LogP contribution < -0.4 is 5.32 Å². The lowest BCUT2D eigenvalue weighted by atomic mass is 9.84. The molecule has 3 fully saturated rings. The molecule has 2 bridgehead atoms. The largest absolute Gasteiger partial charge is 0.481 e. The molecule has 2 aliphatic carbocycles. The summed E-state index contributed by atoms with van der Waals surface area (Å²) in [5.74, 6) is -1.70. The molecule has 1 aliphatic heterocycles. The van der Waals surface area contributed by atoms with Crippen LogP contribution in [-0.2, 0) is 19.6 Å². The zero-order valence-corrected chi connectivity index (χ0v) is 17.9. The molecule has 158 valence electrons. The number of rotatable bonds is 5. The van der Waals surface area contributed by atoms with Crippen molar-refractivity contribution < 1.29 is 23.1 Å². The summed E-state index contributed by atoms with van der Waals surface area (Å²) < 4.78 is 27.4. The fraction of sp³-hybridized carbons (Fsp3) is 0.579. The molecule has 2 saturated carbocycles. The molecule has 1 amide bonds. The molecule has 2 unspecified atom stereocenters. The number of hydrogen-bond donors (Lipinski definition) is 2. The second kappa shape index (κ2) is 7.72. The van der Waals surface area contributed by atoms with E-state index in [4.69, 9.17) is 23.2 Å². The van der Waals surface area contributed by atoms with E-state index in [0.29, 0.717) is 12.8 Å². The molecule has 1 heterocycles. The summed E-state index contributed by atoms with van der Waals surface area (Å²) in [6.07, 6.45) is 3.50. The van der Waals surface area contributed by atoms with Crippen molar-refractivity contribution in [1.29, 1.82) is 0 Å². The summed E-state index contributed by atoms with van der Waals surface area (Å²) >= 11 is 11.9. The predicted octanol–water partition coefficient (Wildman–Crippen LogP) is 2.76. The van der Waals surface area contributed by atoms with Crippen LogP contribution in [0.5, 0.6) is 0 Å². The SMILES string of the molecule is O=C(O)[C@H]1C2CCC(C2)[C@@H]1NC(=O)[C@@H]1CCCN1S(=O)(=O)c1cc(Cl)cc(Cl)c1. The van der Waals surface area contributed by atoms with Crippen LogP contribution in [0.2, 0.25) is 10.0 Å². The molecule has 0 aromatic heterocycles. The smallest absolute Gasteiger partial charge is 0.308 e. The molecule has 29 heavy (non-hydrogen) atoms. The van der Waals surface area contributed by atoms with Gasteiger partial charge in [0.05, 0.1) is 10.8 Å². The fourth-order valence-corrected chi connectivity index (χ4v) is 7.60. The highest BCUT2D eigenvalue weighted by molar-refractivity contribution is 7.89. The maximum Gasteiger partial charge on any atom is 0.308 e. The first-order chi connectivity index (χ1) is 13.7. The first kappa shape index (κ1) is 20.9. The zero-order valence-electron chi connectivity index (χ0n) is 15.6. The van der Waals surface area contributed by atoms with Crippen molar-refractivity contribution in [2.45, 2.75) is 49.1 Å². The van der Waals surface area contributed by atoms with E-state index in [1.165, 1.54) is 22.5 Å². The number of carboxylic acids is 1. The summed E-state index contributed by atoms with van der Waals surface area (Å²) in [6.45, 7) is 0.212. The minimum atomic E-state index is -3.96. The highest BCUT2D eigenvalue weighted by Crippen LogP contribution is 2.48.